The van der Waals surface area contributed by atoms with Gasteiger partial charge in [-0.3, -0.25) is 4.79 Å². The molecule has 0 bridgehead atoms. The third kappa shape index (κ3) is 3.17. The number of aromatic nitrogens is 1. The molecule has 0 atom stereocenters. The van der Waals surface area contributed by atoms with Gasteiger partial charge >= 0.3 is 0 Å². The Bertz CT molecular complexity index is 1130. The van der Waals surface area contributed by atoms with Gasteiger partial charge in [0.25, 0.3) is 5.56 Å². The lowest BCUT2D eigenvalue weighted by Crippen LogP contribution is -2.28. The number of thiazole rings is 1. The molecule has 4 nitrogen and oxygen atoms in total. The van der Waals surface area contributed by atoms with E-state index in [2.05, 4.69) is 0 Å². The fraction of sp³-hybridized carbons (Fsp3) is 0.0588. The quantitative estimate of drug-likeness (QED) is 0.690. The Morgan fingerprint density at radius 1 is 1.29 bits per heavy atom. The average molecular weight is 377 g/mol. The zero-order valence-electron chi connectivity index (χ0n) is 12.4. The van der Waals surface area contributed by atoms with Crippen molar-refractivity contribution in [1.29, 1.82) is 5.26 Å². The first kappa shape index (κ1) is 16.6. The van der Waals surface area contributed by atoms with Gasteiger partial charge in [0.2, 0.25) is 0 Å². The summed E-state index contributed by atoms with van der Waals surface area (Å²) in [5.74, 6) is 1.08. The molecule has 0 unspecified atom stereocenters. The van der Waals surface area contributed by atoms with E-state index in [9.17, 15) is 4.79 Å². The van der Waals surface area contributed by atoms with Crippen LogP contribution >= 0.6 is 34.5 Å². The molecule has 24 heavy (non-hydrogen) atoms. The molecule has 1 aromatic carbocycles. The molecule has 0 aliphatic heterocycles. The summed E-state index contributed by atoms with van der Waals surface area (Å²) in [6.07, 6.45) is 2.98. The highest BCUT2D eigenvalue weighted by Gasteiger charge is 2.09. The van der Waals surface area contributed by atoms with Gasteiger partial charge in [-0.15, -0.1) is 11.3 Å². The molecule has 0 radical (unpaired) electrons. The van der Waals surface area contributed by atoms with Gasteiger partial charge in [-0.25, -0.2) is 0 Å². The minimum Gasteiger partial charge on any atom is -0.457 e. The molecular weight excluding hydrogens is 367 g/mol. The van der Waals surface area contributed by atoms with E-state index < -0.39 is 0 Å². The summed E-state index contributed by atoms with van der Waals surface area (Å²) in [7, 11) is 1.62. The molecule has 2 aromatic heterocycles. The summed E-state index contributed by atoms with van der Waals surface area (Å²) in [6.45, 7) is 0. The molecule has 0 N–H and O–H groups in total. The van der Waals surface area contributed by atoms with E-state index in [1.807, 2.05) is 6.07 Å². The summed E-state index contributed by atoms with van der Waals surface area (Å²) >= 11 is 13.4. The molecule has 0 amide bonds. The van der Waals surface area contributed by atoms with Crippen molar-refractivity contribution in [1.82, 2.24) is 4.57 Å². The van der Waals surface area contributed by atoms with Crippen LogP contribution in [0.4, 0.5) is 0 Å². The second-order valence-electron chi connectivity index (χ2n) is 4.91. The number of rotatable bonds is 2. The number of hydrogen-bond acceptors (Lipinski definition) is 4. The Labute approximate surface area is 151 Å². The molecule has 3 aromatic rings. The van der Waals surface area contributed by atoms with Crippen molar-refractivity contribution in [3.8, 4) is 17.4 Å². The number of halogens is 2. The van der Waals surface area contributed by atoms with Crippen LogP contribution in [-0.4, -0.2) is 4.57 Å². The monoisotopic (exact) mass is 376 g/mol. The maximum absolute atomic E-state index is 12.2. The van der Waals surface area contributed by atoms with Crippen LogP contribution < -0.4 is 14.8 Å². The first-order chi connectivity index (χ1) is 11.5. The third-order valence-corrected chi connectivity index (χ3v) is 5.02. The van der Waals surface area contributed by atoms with Gasteiger partial charge in [0, 0.05) is 29.8 Å². The van der Waals surface area contributed by atoms with Crippen molar-refractivity contribution >= 4 is 46.7 Å². The highest BCUT2D eigenvalue weighted by Crippen LogP contribution is 2.31. The summed E-state index contributed by atoms with van der Waals surface area (Å²) in [6, 6.07) is 10.6. The van der Waals surface area contributed by atoms with Crippen molar-refractivity contribution in [3.63, 3.8) is 0 Å². The normalized spacial score (nSPS) is 12.6. The molecule has 0 saturated carbocycles. The van der Waals surface area contributed by atoms with Gasteiger partial charge < -0.3 is 8.98 Å². The van der Waals surface area contributed by atoms with Crippen LogP contribution in [-0.2, 0) is 7.05 Å². The maximum atomic E-state index is 12.2. The van der Waals surface area contributed by atoms with Gasteiger partial charge in [-0.05, 0) is 30.3 Å². The standard InChI is InChI=1S/C17H10Cl2N2O2S/c1-21-16(6-7-20)24-15(17(21)22)9-11-3-5-14(23-11)12-8-10(18)2-4-13(12)19/h2-6,8-9H,1H3/b15-9+,16-6-. The van der Waals surface area contributed by atoms with Crippen LogP contribution in [0.5, 0.6) is 0 Å². The zero-order chi connectivity index (χ0) is 17.3. The van der Waals surface area contributed by atoms with Crippen molar-refractivity contribution in [2.75, 3.05) is 0 Å². The zero-order valence-corrected chi connectivity index (χ0v) is 14.7. The highest BCUT2D eigenvalue weighted by molar-refractivity contribution is 7.07. The second kappa shape index (κ2) is 6.70. The molecule has 120 valence electrons. The summed E-state index contributed by atoms with van der Waals surface area (Å²) in [5, 5.41) is 9.83. The highest BCUT2D eigenvalue weighted by atomic mass is 35.5. The van der Waals surface area contributed by atoms with E-state index in [0.717, 1.165) is 0 Å². The maximum Gasteiger partial charge on any atom is 0.268 e. The minimum absolute atomic E-state index is 0.180. The van der Waals surface area contributed by atoms with E-state index in [1.165, 1.54) is 22.0 Å². The molecule has 3 rings (SSSR count). The van der Waals surface area contributed by atoms with Gasteiger partial charge in [-0.1, -0.05) is 23.2 Å². The van der Waals surface area contributed by atoms with Gasteiger partial charge in [0.05, 0.1) is 15.6 Å². The number of benzene rings is 1. The van der Waals surface area contributed by atoms with E-state index in [-0.39, 0.29) is 5.56 Å². The van der Waals surface area contributed by atoms with E-state index in [1.54, 1.807) is 43.5 Å². The summed E-state index contributed by atoms with van der Waals surface area (Å²) in [5.41, 5.74) is 0.502. The molecule has 0 spiro atoms. The Morgan fingerprint density at radius 2 is 2.08 bits per heavy atom. The summed E-state index contributed by atoms with van der Waals surface area (Å²) in [4.78, 5) is 12.2. The molecule has 0 aliphatic carbocycles. The van der Waals surface area contributed by atoms with Gasteiger partial charge in [0.1, 0.15) is 16.2 Å². The van der Waals surface area contributed by atoms with Crippen LogP contribution in [0.3, 0.4) is 0 Å². The fourth-order valence-electron chi connectivity index (χ4n) is 2.15. The first-order valence-electron chi connectivity index (χ1n) is 6.82. The van der Waals surface area contributed by atoms with Crippen molar-refractivity contribution in [3.05, 3.63) is 65.7 Å². The Hall–Kier alpha value is -2.26. The molecule has 7 heteroatoms. The van der Waals surface area contributed by atoms with Gasteiger partial charge in [-0.2, -0.15) is 5.26 Å². The number of furan rings is 1. The van der Waals surface area contributed by atoms with Crippen molar-refractivity contribution in [2.24, 2.45) is 7.05 Å². The topological polar surface area (TPSA) is 58.9 Å². The lowest BCUT2D eigenvalue weighted by Gasteiger charge is -2.00. The lowest BCUT2D eigenvalue weighted by molar-refractivity contribution is 0.571. The molecule has 0 fully saturated rings. The second-order valence-corrected chi connectivity index (χ2v) is 6.82. The van der Waals surface area contributed by atoms with Crippen LogP contribution in [0.2, 0.25) is 10.0 Å². The first-order valence-corrected chi connectivity index (χ1v) is 8.39. The van der Waals surface area contributed by atoms with Gasteiger partial charge in [0.15, 0.2) is 0 Å². The van der Waals surface area contributed by atoms with E-state index >= 15 is 0 Å². The number of hydrogen-bond donors (Lipinski definition) is 0. The van der Waals surface area contributed by atoms with Crippen LogP contribution in [0.1, 0.15) is 5.76 Å². The predicted octanol–water partition coefficient (Wildman–Crippen LogP) is 3.15. The van der Waals surface area contributed by atoms with E-state index in [4.69, 9.17) is 32.9 Å². The van der Waals surface area contributed by atoms with Crippen LogP contribution in [0.25, 0.3) is 23.5 Å². The molecule has 0 saturated heterocycles. The number of nitriles is 1. The Balaban J connectivity index is 2.09. The molecular formula is C17H10Cl2N2O2S. The Kier molecular flexibility index (Phi) is 4.63. The summed E-state index contributed by atoms with van der Waals surface area (Å²) < 4.78 is 8.25. The lowest BCUT2D eigenvalue weighted by atomic mass is 10.2. The minimum atomic E-state index is -0.180. The molecule has 2 heterocycles. The van der Waals surface area contributed by atoms with Crippen molar-refractivity contribution in [2.45, 2.75) is 0 Å². The van der Waals surface area contributed by atoms with Crippen molar-refractivity contribution < 1.29 is 4.42 Å². The van der Waals surface area contributed by atoms with E-state index in [0.29, 0.717) is 36.3 Å². The fourth-order valence-corrected chi connectivity index (χ4v) is 3.49. The Morgan fingerprint density at radius 3 is 2.83 bits per heavy atom. The average Bonchev–Trinajstić information content (AvgIpc) is 3.12. The van der Waals surface area contributed by atoms with Crippen LogP contribution in [0.15, 0.2) is 39.5 Å². The van der Waals surface area contributed by atoms with Crippen LogP contribution in [0, 0.1) is 11.3 Å². The third-order valence-electron chi connectivity index (χ3n) is 3.34. The number of nitrogens with zero attached hydrogens (tertiary/aromatic N) is 2. The smallest absolute Gasteiger partial charge is 0.268 e. The molecule has 0 aliphatic rings. The predicted molar refractivity (Wildman–Crippen MR) is 96.6 cm³/mol. The largest absolute Gasteiger partial charge is 0.457 e. The SMILES string of the molecule is Cn1c(=O)/c(=C\c2ccc(-c3cc(Cl)ccc3Cl)o2)s/c1=C\C#N.